The summed E-state index contributed by atoms with van der Waals surface area (Å²) in [5.74, 6) is 1.03. The largest absolute Gasteiger partial charge is 0.370 e. The van der Waals surface area contributed by atoms with E-state index in [1.807, 2.05) is 6.20 Å². The molecule has 3 nitrogen and oxygen atoms in total. The smallest absolute Gasteiger partial charge is 0.133 e. The molecule has 0 aliphatic carbocycles. The summed E-state index contributed by atoms with van der Waals surface area (Å²) in [6.07, 6.45) is 7.26. The molecule has 1 aliphatic rings. The summed E-state index contributed by atoms with van der Waals surface area (Å²) in [5.41, 5.74) is 1.53. The average molecular weight is 326 g/mol. The first-order chi connectivity index (χ1) is 11.6. The number of hydrogen-bond acceptors (Lipinski definition) is 3. The van der Waals surface area contributed by atoms with Crippen molar-refractivity contribution in [1.82, 2.24) is 9.88 Å². The number of piperidine rings is 1. The van der Waals surface area contributed by atoms with E-state index in [4.69, 9.17) is 0 Å². The van der Waals surface area contributed by atoms with Gasteiger partial charge in [-0.1, -0.05) is 45.4 Å². The van der Waals surface area contributed by atoms with E-state index in [9.17, 15) is 0 Å². The fourth-order valence-corrected chi connectivity index (χ4v) is 3.69. The van der Waals surface area contributed by atoms with E-state index in [1.165, 1.54) is 61.7 Å². The lowest BCUT2D eigenvalue weighted by atomic mass is 9.84. The number of pyridine rings is 1. The first kappa shape index (κ1) is 17.2. The van der Waals surface area contributed by atoms with Crippen molar-refractivity contribution >= 4 is 16.6 Å². The van der Waals surface area contributed by atoms with Crippen LogP contribution in [0.1, 0.15) is 52.0 Å². The van der Waals surface area contributed by atoms with Gasteiger partial charge in [-0.2, -0.15) is 0 Å². The van der Waals surface area contributed by atoms with Crippen LogP contribution in [0.15, 0.2) is 30.5 Å². The Morgan fingerprint density at radius 1 is 1.04 bits per heavy atom. The van der Waals surface area contributed by atoms with Crippen LogP contribution in [-0.2, 0) is 5.41 Å². The van der Waals surface area contributed by atoms with E-state index in [0.717, 1.165) is 12.4 Å². The standard InChI is InChI=1S/C21H31N3/c1-21(2,3)19-10-7-9-18-17(19)11-13-23-20(18)22-12-8-16-24-14-5-4-6-15-24/h7,9-11,13H,4-6,8,12,14-16H2,1-3H3,(H,22,23). The van der Waals surface area contributed by atoms with Crippen LogP contribution in [0.25, 0.3) is 10.8 Å². The number of nitrogens with zero attached hydrogens (tertiary/aromatic N) is 2. The molecule has 2 aromatic rings. The molecule has 1 aromatic carbocycles. The van der Waals surface area contributed by atoms with E-state index in [0.29, 0.717) is 0 Å². The molecule has 130 valence electrons. The number of benzene rings is 1. The number of nitrogens with one attached hydrogen (secondary N) is 1. The van der Waals surface area contributed by atoms with Crippen LogP contribution in [-0.4, -0.2) is 36.1 Å². The molecule has 3 rings (SSSR count). The van der Waals surface area contributed by atoms with Crippen molar-refractivity contribution in [2.75, 3.05) is 31.5 Å². The number of rotatable bonds is 5. The van der Waals surface area contributed by atoms with Crippen LogP contribution >= 0.6 is 0 Å². The fraction of sp³-hybridized carbons (Fsp3) is 0.571. The summed E-state index contributed by atoms with van der Waals surface area (Å²) in [4.78, 5) is 7.19. The minimum atomic E-state index is 0.145. The van der Waals surface area contributed by atoms with Crippen LogP contribution in [0, 0.1) is 0 Å². The first-order valence-electron chi connectivity index (χ1n) is 9.40. The van der Waals surface area contributed by atoms with Gasteiger partial charge in [0.25, 0.3) is 0 Å². The fourth-order valence-electron chi connectivity index (χ4n) is 3.69. The van der Waals surface area contributed by atoms with Gasteiger partial charge in [-0.25, -0.2) is 4.98 Å². The maximum atomic E-state index is 4.59. The molecule has 0 spiro atoms. The molecule has 0 saturated carbocycles. The quantitative estimate of drug-likeness (QED) is 0.799. The molecule has 2 heterocycles. The summed E-state index contributed by atoms with van der Waals surface area (Å²) in [6.45, 7) is 11.6. The number of aromatic nitrogens is 1. The predicted molar refractivity (Wildman–Crippen MR) is 104 cm³/mol. The second kappa shape index (κ2) is 7.52. The number of fused-ring (bicyclic) bond motifs is 1. The molecule has 3 heteroatoms. The van der Waals surface area contributed by atoms with Crippen molar-refractivity contribution in [2.45, 2.75) is 51.9 Å². The molecule has 0 bridgehead atoms. The molecule has 0 atom stereocenters. The molecular formula is C21H31N3. The van der Waals surface area contributed by atoms with Gasteiger partial charge in [0.2, 0.25) is 0 Å². The Hall–Kier alpha value is -1.61. The zero-order chi connectivity index (χ0) is 17.0. The van der Waals surface area contributed by atoms with E-state index in [1.54, 1.807) is 0 Å². The monoisotopic (exact) mass is 325 g/mol. The third kappa shape index (κ3) is 4.07. The molecule has 1 aromatic heterocycles. The van der Waals surface area contributed by atoms with Gasteiger partial charge in [0.1, 0.15) is 5.82 Å². The predicted octanol–water partition coefficient (Wildman–Crippen LogP) is 4.82. The highest BCUT2D eigenvalue weighted by atomic mass is 15.1. The SMILES string of the molecule is CC(C)(C)c1cccc2c(NCCCN3CCCCC3)nccc12. The Kier molecular flexibility index (Phi) is 5.40. The molecule has 1 N–H and O–H groups in total. The van der Waals surface area contributed by atoms with Gasteiger partial charge in [0.15, 0.2) is 0 Å². The normalized spacial score (nSPS) is 16.5. The van der Waals surface area contributed by atoms with Crippen molar-refractivity contribution in [3.05, 3.63) is 36.0 Å². The lowest BCUT2D eigenvalue weighted by Gasteiger charge is -2.26. The molecular weight excluding hydrogens is 294 g/mol. The molecule has 1 aliphatic heterocycles. The van der Waals surface area contributed by atoms with Gasteiger partial charge in [0.05, 0.1) is 0 Å². The summed E-state index contributed by atoms with van der Waals surface area (Å²) in [7, 11) is 0. The highest BCUT2D eigenvalue weighted by Gasteiger charge is 2.17. The Morgan fingerprint density at radius 3 is 2.58 bits per heavy atom. The highest BCUT2D eigenvalue weighted by molar-refractivity contribution is 5.94. The number of likely N-dealkylation sites (tertiary alicyclic amines) is 1. The van der Waals surface area contributed by atoms with Gasteiger partial charge >= 0.3 is 0 Å². The van der Waals surface area contributed by atoms with Crippen LogP contribution in [0.2, 0.25) is 0 Å². The van der Waals surface area contributed by atoms with Crippen molar-refractivity contribution < 1.29 is 0 Å². The Bertz CT molecular complexity index is 666. The molecule has 1 saturated heterocycles. The zero-order valence-corrected chi connectivity index (χ0v) is 15.4. The summed E-state index contributed by atoms with van der Waals surface area (Å²) < 4.78 is 0. The second-order valence-corrected chi connectivity index (χ2v) is 7.99. The lowest BCUT2D eigenvalue weighted by Crippen LogP contribution is -2.31. The van der Waals surface area contributed by atoms with E-state index >= 15 is 0 Å². The summed E-state index contributed by atoms with van der Waals surface area (Å²) >= 11 is 0. The Labute approximate surface area is 146 Å². The Morgan fingerprint density at radius 2 is 1.83 bits per heavy atom. The van der Waals surface area contributed by atoms with Crippen molar-refractivity contribution in [1.29, 1.82) is 0 Å². The second-order valence-electron chi connectivity index (χ2n) is 7.99. The number of anilines is 1. The Balaban J connectivity index is 1.66. The van der Waals surface area contributed by atoms with Gasteiger partial charge in [-0.3, -0.25) is 0 Å². The van der Waals surface area contributed by atoms with Gasteiger partial charge in [0, 0.05) is 18.1 Å². The van der Waals surface area contributed by atoms with Crippen LogP contribution in [0.5, 0.6) is 0 Å². The van der Waals surface area contributed by atoms with Gasteiger partial charge in [-0.15, -0.1) is 0 Å². The average Bonchev–Trinajstić information content (AvgIpc) is 2.58. The lowest BCUT2D eigenvalue weighted by molar-refractivity contribution is 0.228. The van der Waals surface area contributed by atoms with Crippen LogP contribution in [0.4, 0.5) is 5.82 Å². The third-order valence-electron chi connectivity index (χ3n) is 5.01. The maximum absolute atomic E-state index is 4.59. The molecule has 0 unspecified atom stereocenters. The summed E-state index contributed by atoms with van der Waals surface area (Å²) in [6, 6.07) is 8.73. The van der Waals surface area contributed by atoms with Crippen molar-refractivity contribution in [3.63, 3.8) is 0 Å². The molecule has 24 heavy (non-hydrogen) atoms. The van der Waals surface area contributed by atoms with E-state index in [-0.39, 0.29) is 5.41 Å². The van der Waals surface area contributed by atoms with E-state index < -0.39 is 0 Å². The third-order valence-corrected chi connectivity index (χ3v) is 5.01. The maximum Gasteiger partial charge on any atom is 0.133 e. The van der Waals surface area contributed by atoms with Gasteiger partial charge in [-0.05, 0) is 61.3 Å². The van der Waals surface area contributed by atoms with Gasteiger partial charge < -0.3 is 10.2 Å². The molecule has 0 amide bonds. The number of hydrogen-bond donors (Lipinski definition) is 1. The topological polar surface area (TPSA) is 28.2 Å². The minimum absolute atomic E-state index is 0.145. The zero-order valence-electron chi connectivity index (χ0n) is 15.4. The molecule has 0 radical (unpaired) electrons. The highest BCUT2D eigenvalue weighted by Crippen LogP contribution is 2.32. The minimum Gasteiger partial charge on any atom is -0.370 e. The van der Waals surface area contributed by atoms with Crippen LogP contribution < -0.4 is 5.32 Å². The first-order valence-corrected chi connectivity index (χ1v) is 9.40. The van der Waals surface area contributed by atoms with Crippen LogP contribution in [0.3, 0.4) is 0 Å². The summed E-state index contributed by atoms with van der Waals surface area (Å²) in [5, 5.41) is 6.12. The van der Waals surface area contributed by atoms with Crippen molar-refractivity contribution in [2.24, 2.45) is 0 Å². The van der Waals surface area contributed by atoms with Crippen molar-refractivity contribution in [3.8, 4) is 0 Å². The van der Waals surface area contributed by atoms with E-state index in [2.05, 4.69) is 60.2 Å². The molecule has 1 fully saturated rings.